The Hall–Kier alpha value is -2.37. The predicted molar refractivity (Wildman–Crippen MR) is 90.7 cm³/mol. The normalized spacial score (nSPS) is 14.8. The Labute approximate surface area is 142 Å². The molecule has 130 valence electrons. The van der Waals surface area contributed by atoms with E-state index in [-0.39, 0.29) is 6.04 Å². The zero-order valence-corrected chi connectivity index (χ0v) is 14.2. The molecule has 0 aromatic heterocycles. The number of amides is 2. The summed E-state index contributed by atoms with van der Waals surface area (Å²) in [5.74, 6) is -1.60. The maximum absolute atomic E-state index is 12.2. The quantitative estimate of drug-likeness (QED) is 0.679. The maximum atomic E-state index is 12.2. The zero-order chi connectivity index (χ0) is 17.5. The van der Waals surface area contributed by atoms with E-state index in [1.807, 2.05) is 0 Å². The van der Waals surface area contributed by atoms with Gasteiger partial charge in [0.2, 0.25) is 0 Å². The van der Waals surface area contributed by atoms with Gasteiger partial charge in [0.05, 0.1) is 12.2 Å². The van der Waals surface area contributed by atoms with E-state index >= 15 is 0 Å². The smallest absolute Gasteiger partial charge is 0.338 e. The Kier molecular flexibility index (Phi) is 6.35. The molecule has 6 heteroatoms. The van der Waals surface area contributed by atoms with Crippen molar-refractivity contribution < 1.29 is 19.1 Å². The van der Waals surface area contributed by atoms with Crippen LogP contribution in [0.2, 0.25) is 0 Å². The molecule has 24 heavy (non-hydrogen) atoms. The van der Waals surface area contributed by atoms with Crippen molar-refractivity contribution in [3.05, 3.63) is 29.8 Å². The van der Waals surface area contributed by atoms with Crippen LogP contribution in [0.1, 0.15) is 49.4 Å². The summed E-state index contributed by atoms with van der Waals surface area (Å²) < 4.78 is 4.90. The molecule has 0 aliphatic heterocycles. The fourth-order valence-corrected chi connectivity index (χ4v) is 2.88. The topological polar surface area (TPSA) is 75.7 Å². The molecule has 0 spiro atoms. The second-order valence-corrected chi connectivity index (χ2v) is 5.96. The van der Waals surface area contributed by atoms with Gasteiger partial charge in [0, 0.05) is 18.8 Å². The van der Waals surface area contributed by atoms with E-state index in [0.29, 0.717) is 17.9 Å². The van der Waals surface area contributed by atoms with E-state index in [2.05, 4.69) is 5.32 Å². The number of ether oxygens (including phenoxy) is 1. The van der Waals surface area contributed by atoms with Crippen LogP contribution in [0.3, 0.4) is 0 Å². The number of carbonyl (C=O) groups is 3. The number of likely N-dealkylation sites (N-methyl/N-ethyl adjacent to an activating group) is 1. The second kappa shape index (κ2) is 8.47. The minimum atomic E-state index is -0.660. The summed E-state index contributed by atoms with van der Waals surface area (Å²) in [7, 11) is 1.68. The summed E-state index contributed by atoms with van der Waals surface area (Å²) in [6, 6.07) is 6.42. The lowest BCUT2D eigenvalue weighted by atomic mass is 9.94. The average molecular weight is 332 g/mol. The van der Waals surface area contributed by atoms with Gasteiger partial charge in [-0.25, -0.2) is 4.79 Å². The van der Waals surface area contributed by atoms with Crippen LogP contribution in [0.25, 0.3) is 0 Å². The molecule has 0 unspecified atom stereocenters. The molecular formula is C18H24N2O4. The molecule has 2 rings (SSSR count). The lowest BCUT2D eigenvalue weighted by Gasteiger charge is -2.30. The lowest BCUT2D eigenvalue weighted by Crippen LogP contribution is -2.44. The monoisotopic (exact) mass is 332 g/mol. The summed E-state index contributed by atoms with van der Waals surface area (Å²) in [4.78, 5) is 37.5. The Bertz CT molecular complexity index is 592. The molecule has 6 nitrogen and oxygen atoms in total. The number of hydrogen-bond donors (Lipinski definition) is 1. The highest BCUT2D eigenvalue weighted by molar-refractivity contribution is 6.39. The van der Waals surface area contributed by atoms with Gasteiger partial charge >= 0.3 is 17.8 Å². The van der Waals surface area contributed by atoms with Crippen molar-refractivity contribution in [2.75, 3.05) is 19.0 Å². The molecule has 2 amide bonds. The van der Waals surface area contributed by atoms with Gasteiger partial charge in [-0.15, -0.1) is 0 Å². The van der Waals surface area contributed by atoms with Crippen LogP contribution >= 0.6 is 0 Å². The minimum absolute atomic E-state index is 0.142. The third-order valence-corrected chi connectivity index (χ3v) is 4.29. The van der Waals surface area contributed by atoms with Crippen LogP contribution in [0.15, 0.2) is 24.3 Å². The van der Waals surface area contributed by atoms with Crippen molar-refractivity contribution in [3.8, 4) is 0 Å². The minimum Gasteiger partial charge on any atom is -0.462 e. The van der Waals surface area contributed by atoms with E-state index in [0.717, 1.165) is 25.7 Å². The summed E-state index contributed by atoms with van der Waals surface area (Å²) in [6.07, 6.45) is 5.28. The van der Waals surface area contributed by atoms with Gasteiger partial charge in [-0.05, 0) is 44.0 Å². The second-order valence-electron chi connectivity index (χ2n) is 5.96. The Morgan fingerprint density at radius 1 is 1.12 bits per heavy atom. The number of nitrogens with one attached hydrogen (secondary N) is 1. The SMILES string of the molecule is CCOC(=O)c1ccc(NC(=O)C(=O)N(C)C2CCCCC2)cc1. The van der Waals surface area contributed by atoms with Crippen LogP contribution in [0.4, 0.5) is 5.69 Å². The van der Waals surface area contributed by atoms with E-state index in [1.54, 1.807) is 43.1 Å². The van der Waals surface area contributed by atoms with Crippen LogP contribution in [0, 0.1) is 0 Å². The molecular weight excluding hydrogens is 308 g/mol. The van der Waals surface area contributed by atoms with Crippen molar-refractivity contribution in [3.63, 3.8) is 0 Å². The number of esters is 1. The Morgan fingerprint density at radius 3 is 2.33 bits per heavy atom. The molecule has 1 N–H and O–H groups in total. The molecule has 0 heterocycles. The van der Waals surface area contributed by atoms with Gasteiger partial charge in [-0.2, -0.15) is 0 Å². The first-order valence-corrected chi connectivity index (χ1v) is 8.38. The van der Waals surface area contributed by atoms with Crippen molar-refractivity contribution in [1.82, 2.24) is 4.90 Å². The van der Waals surface area contributed by atoms with E-state index < -0.39 is 17.8 Å². The molecule has 0 bridgehead atoms. The fraction of sp³-hybridized carbons (Fsp3) is 0.500. The number of benzene rings is 1. The molecule has 1 aromatic rings. The number of hydrogen-bond acceptors (Lipinski definition) is 4. The molecule has 0 atom stereocenters. The maximum Gasteiger partial charge on any atom is 0.338 e. The van der Waals surface area contributed by atoms with Gasteiger partial charge < -0.3 is 15.0 Å². The molecule has 1 fully saturated rings. The van der Waals surface area contributed by atoms with E-state index in [9.17, 15) is 14.4 Å². The first kappa shape index (κ1) is 18.0. The summed E-state index contributed by atoms with van der Waals surface area (Å²) in [6.45, 7) is 2.04. The zero-order valence-electron chi connectivity index (χ0n) is 14.2. The standard InChI is InChI=1S/C18H24N2O4/c1-3-24-18(23)13-9-11-14(12-10-13)19-16(21)17(22)20(2)15-7-5-4-6-8-15/h9-12,15H,3-8H2,1-2H3,(H,19,21). The number of rotatable bonds is 4. The van der Waals surface area contributed by atoms with Crippen LogP contribution in [0.5, 0.6) is 0 Å². The van der Waals surface area contributed by atoms with Gasteiger partial charge in [0.15, 0.2) is 0 Å². The Balaban J connectivity index is 1.93. The summed E-state index contributed by atoms with van der Waals surface area (Å²) in [5, 5.41) is 2.58. The third kappa shape index (κ3) is 4.57. The van der Waals surface area contributed by atoms with Gasteiger partial charge in [-0.3, -0.25) is 9.59 Å². The molecule has 0 saturated heterocycles. The first-order valence-electron chi connectivity index (χ1n) is 8.38. The van der Waals surface area contributed by atoms with Crippen LogP contribution < -0.4 is 5.32 Å². The highest BCUT2D eigenvalue weighted by Crippen LogP contribution is 2.21. The van der Waals surface area contributed by atoms with Crippen molar-refractivity contribution >= 4 is 23.5 Å². The highest BCUT2D eigenvalue weighted by atomic mass is 16.5. The molecule has 1 aromatic carbocycles. The number of carbonyl (C=O) groups excluding carboxylic acids is 3. The molecule has 0 radical (unpaired) electrons. The van der Waals surface area contributed by atoms with Crippen molar-refractivity contribution in [2.24, 2.45) is 0 Å². The lowest BCUT2D eigenvalue weighted by molar-refractivity contribution is -0.144. The van der Waals surface area contributed by atoms with E-state index in [4.69, 9.17) is 4.74 Å². The first-order chi connectivity index (χ1) is 11.5. The van der Waals surface area contributed by atoms with Crippen molar-refractivity contribution in [1.29, 1.82) is 0 Å². The average Bonchev–Trinajstić information content (AvgIpc) is 2.62. The Morgan fingerprint density at radius 2 is 1.75 bits per heavy atom. The predicted octanol–water partition coefficient (Wildman–Crippen LogP) is 2.59. The molecule has 1 aliphatic carbocycles. The molecule has 1 saturated carbocycles. The van der Waals surface area contributed by atoms with Crippen LogP contribution in [-0.4, -0.2) is 42.4 Å². The highest BCUT2D eigenvalue weighted by Gasteiger charge is 2.26. The molecule has 1 aliphatic rings. The number of nitrogens with zero attached hydrogens (tertiary/aromatic N) is 1. The third-order valence-electron chi connectivity index (χ3n) is 4.29. The van der Waals surface area contributed by atoms with Crippen molar-refractivity contribution in [2.45, 2.75) is 45.1 Å². The van der Waals surface area contributed by atoms with Gasteiger partial charge in [0.1, 0.15) is 0 Å². The summed E-state index contributed by atoms with van der Waals surface area (Å²) >= 11 is 0. The summed E-state index contributed by atoms with van der Waals surface area (Å²) in [5.41, 5.74) is 0.874. The number of anilines is 1. The van der Waals surface area contributed by atoms with Gasteiger partial charge in [0.25, 0.3) is 0 Å². The van der Waals surface area contributed by atoms with Crippen LogP contribution in [-0.2, 0) is 14.3 Å². The largest absolute Gasteiger partial charge is 0.462 e. The van der Waals surface area contributed by atoms with Gasteiger partial charge in [-0.1, -0.05) is 19.3 Å². The fourth-order valence-electron chi connectivity index (χ4n) is 2.88. The van der Waals surface area contributed by atoms with E-state index in [1.165, 1.54) is 6.42 Å².